The maximum Gasteiger partial charge on any atom is 0.407 e. The standard InChI is InChI=1S/C15H17BrN2O2S/c16-10-5-9-8-21-4-3-18-13-1-2-17(15(19)20)7-12(13)11(6-10)14(9)18/h5-6,12-13H,1-4,7-8H2,(H,19,20). The molecule has 2 atom stereocenters. The molecule has 0 spiro atoms. The van der Waals surface area contributed by atoms with Crippen molar-refractivity contribution in [2.75, 3.05) is 30.3 Å². The van der Waals surface area contributed by atoms with Crippen LogP contribution in [0, 0.1) is 0 Å². The maximum absolute atomic E-state index is 11.3. The first-order chi connectivity index (χ1) is 10.1. The van der Waals surface area contributed by atoms with Gasteiger partial charge in [-0.2, -0.15) is 11.8 Å². The molecule has 2 unspecified atom stereocenters. The molecule has 1 fully saturated rings. The zero-order valence-electron chi connectivity index (χ0n) is 11.6. The van der Waals surface area contributed by atoms with Gasteiger partial charge in [0, 0.05) is 53.3 Å². The highest BCUT2D eigenvalue weighted by atomic mass is 79.9. The van der Waals surface area contributed by atoms with E-state index in [9.17, 15) is 9.90 Å². The van der Waals surface area contributed by atoms with Crippen LogP contribution in [0.2, 0.25) is 0 Å². The molecule has 3 heterocycles. The monoisotopic (exact) mass is 368 g/mol. The Morgan fingerprint density at radius 1 is 1.38 bits per heavy atom. The third-order valence-electron chi connectivity index (χ3n) is 4.85. The molecule has 4 nitrogen and oxygen atoms in total. The average Bonchev–Trinajstić information content (AvgIpc) is 2.62. The summed E-state index contributed by atoms with van der Waals surface area (Å²) >= 11 is 5.62. The minimum Gasteiger partial charge on any atom is -0.465 e. The summed E-state index contributed by atoms with van der Waals surface area (Å²) in [4.78, 5) is 15.4. The van der Waals surface area contributed by atoms with Crippen molar-refractivity contribution < 1.29 is 9.90 Å². The van der Waals surface area contributed by atoms with Crippen molar-refractivity contribution in [3.8, 4) is 0 Å². The average molecular weight is 369 g/mol. The summed E-state index contributed by atoms with van der Waals surface area (Å²) < 4.78 is 1.12. The number of piperidine rings is 1. The Kier molecular flexibility index (Phi) is 3.34. The number of carbonyl (C=O) groups is 1. The van der Waals surface area contributed by atoms with Crippen LogP contribution in [0.25, 0.3) is 0 Å². The zero-order chi connectivity index (χ0) is 14.6. The number of rotatable bonds is 0. The van der Waals surface area contributed by atoms with Gasteiger partial charge in [0.05, 0.1) is 0 Å². The smallest absolute Gasteiger partial charge is 0.407 e. The highest BCUT2D eigenvalue weighted by Crippen LogP contribution is 2.49. The Hall–Kier alpha value is -0.880. The van der Waals surface area contributed by atoms with Crippen LogP contribution in [-0.2, 0) is 5.75 Å². The fraction of sp³-hybridized carbons (Fsp3) is 0.533. The van der Waals surface area contributed by atoms with E-state index in [0.29, 0.717) is 25.0 Å². The van der Waals surface area contributed by atoms with Gasteiger partial charge >= 0.3 is 6.09 Å². The first-order valence-corrected chi connectivity index (χ1v) is 9.24. The first kappa shape index (κ1) is 13.8. The third kappa shape index (κ3) is 2.14. The summed E-state index contributed by atoms with van der Waals surface area (Å²) in [6.07, 6.45) is 0.152. The van der Waals surface area contributed by atoms with Gasteiger partial charge in [0.1, 0.15) is 0 Å². The van der Waals surface area contributed by atoms with Crippen molar-refractivity contribution in [2.24, 2.45) is 0 Å². The van der Waals surface area contributed by atoms with E-state index in [1.54, 1.807) is 4.90 Å². The second kappa shape index (κ2) is 5.09. The van der Waals surface area contributed by atoms with Crippen LogP contribution in [-0.4, -0.2) is 47.5 Å². The van der Waals surface area contributed by atoms with Crippen molar-refractivity contribution >= 4 is 39.5 Å². The van der Waals surface area contributed by atoms with Crippen LogP contribution in [0.4, 0.5) is 10.5 Å². The first-order valence-electron chi connectivity index (χ1n) is 7.29. The molecule has 1 saturated heterocycles. The van der Waals surface area contributed by atoms with E-state index < -0.39 is 6.09 Å². The van der Waals surface area contributed by atoms with Gasteiger partial charge in [-0.05, 0) is 29.7 Å². The predicted molar refractivity (Wildman–Crippen MR) is 88.4 cm³/mol. The van der Waals surface area contributed by atoms with E-state index in [-0.39, 0.29) is 0 Å². The number of nitrogens with zero attached hydrogens (tertiary/aromatic N) is 2. The number of thioether (sulfide) groups is 1. The number of likely N-dealkylation sites (tertiary alicyclic amines) is 1. The van der Waals surface area contributed by atoms with Gasteiger partial charge in [0.15, 0.2) is 0 Å². The van der Waals surface area contributed by atoms with E-state index in [1.165, 1.54) is 16.8 Å². The Morgan fingerprint density at radius 3 is 3.05 bits per heavy atom. The summed E-state index contributed by atoms with van der Waals surface area (Å²) in [7, 11) is 0. The van der Waals surface area contributed by atoms with Crippen molar-refractivity contribution in [2.45, 2.75) is 24.1 Å². The number of halogens is 1. The van der Waals surface area contributed by atoms with Gasteiger partial charge in [0.25, 0.3) is 0 Å². The SMILES string of the molecule is O=C(O)N1CCC2C(C1)c1cc(Br)cc3c1N2CCSC3. The normalized spacial score (nSPS) is 27.1. The molecule has 1 aromatic carbocycles. The zero-order valence-corrected chi connectivity index (χ0v) is 14.0. The van der Waals surface area contributed by atoms with Crippen molar-refractivity contribution in [3.63, 3.8) is 0 Å². The van der Waals surface area contributed by atoms with E-state index in [4.69, 9.17) is 0 Å². The minimum absolute atomic E-state index is 0.323. The van der Waals surface area contributed by atoms with Crippen molar-refractivity contribution in [1.29, 1.82) is 0 Å². The van der Waals surface area contributed by atoms with Crippen LogP contribution < -0.4 is 4.90 Å². The molecule has 6 heteroatoms. The Morgan fingerprint density at radius 2 is 2.24 bits per heavy atom. The molecule has 4 rings (SSSR count). The summed E-state index contributed by atoms with van der Waals surface area (Å²) in [6, 6.07) is 4.91. The molecular weight excluding hydrogens is 352 g/mol. The highest BCUT2D eigenvalue weighted by molar-refractivity contribution is 9.10. The highest BCUT2D eigenvalue weighted by Gasteiger charge is 2.44. The molecule has 1 N–H and O–H groups in total. The fourth-order valence-electron chi connectivity index (χ4n) is 4.00. The largest absolute Gasteiger partial charge is 0.465 e. The number of anilines is 1. The Balaban J connectivity index is 1.80. The number of benzene rings is 1. The lowest BCUT2D eigenvalue weighted by molar-refractivity contribution is 0.127. The lowest BCUT2D eigenvalue weighted by Crippen LogP contribution is -2.48. The lowest BCUT2D eigenvalue weighted by Gasteiger charge is -2.37. The summed E-state index contributed by atoms with van der Waals surface area (Å²) in [5.74, 6) is 2.53. The summed E-state index contributed by atoms with van der Waals surface area (Å²) in [6.45, 7) is 2.37. The van der Waals surface area contributed by atoms with Gasteiger partial charge in [-0.25, -0.2) is 4.79 Å². The Labute approximate surface area is 136 Å². The Bertz CT molecular complexity index is 610. The third-order valence-corrected chi connectivity index (χ3v) is 6.30. The van der Waals surface area contributed by atoms with Crippen LogP contribution in [0.3, 0.4) is 0 Å². The number of amides is 1. The van der Waals surface area contributed by atoms with Gasteiger partial charge < -0.3 is 14.9 Å². The van der Waals surface area contributed by atoms with Crippen LogP contribution in [0.1, 0.15) is 23.5 Å². The molecule has 0 aliphatic carbocycles. The molecule has 21 heavy (non-hydrogen) atoms. The summed E-state index contributed by atoms with van der Waals surface area (Å²) in [5, 5.41) is 9.30. The van der Waals surface area contributed by atoms with Gasteiger partial charge in [-0.15, -0.1) is 0 Å². The van der Waals surface area contributed by atoms with Gasteiger partial charge in [0.2, 0.25) is 0 Å². The molecule has 1 amide bonds. The second-order valence-corrected chi connectivity index (χ2v) is 7.96. The predicted octanol–water partition coefficient (Wildman–Crippen LogP) is 3.35. The molecule has 112 valence electrons. The molecule has 3 aliphatic rings. The molecule has 0 saturated carbocycles. The van der Waals surface area contributed by atoms with Crippen LogP contribution in [0.15, 0.2) is 16.6 Å². The quantitative estimate of drug-likeness (QED) is 0.762. The van der Waals surface area contributed by atoms with E-state index in [0.717, 1.165) is 28.9 Å². The molecule has 0 aromatic heterocycles. The number of hydrogen-bond acceptors (Lipinski definition) is 3. The maximum atomic E-state index is 11.3. The van der Waals surface area contributed by atoms with Crippen molar-refractivity contribution in [1.82, 2.24) is 4.90 Å². The molecule has 0 radical (unpaired) electrons. The van der Waals surface area contributed by atoms with Gasteiger partial charge in [-0.1, -0.05) is 15.9 Å². The number of fused-ring (bicyclic) bond motifs is 3. The fourth-order valence-corrected chi connectivity index (χ4v) is 5.44. The van der Waals surface area contributed by atoms with E-state index in [2.05, 4.69) is 33.0 Å². The molecule has 3 aliphatic heterocycles. The molecular formula is C15H17BrN2O2S. The van der Waals surface area contributed by atoms with E-state index in [1.807, 2.05) is 11.8 Å². The van der Waals surface area contributed by atoms with Crippen LogP contribution >= 0.6 is 27.7 Å². The second-order valence-electron chi connectivity index (χ2n) is 5.94. The van der Waals surface area contributed by atoms with Crippen molar-refractivity contribution in [3.05, 3.63) is 27.7 Å². The van der Waals surface area contributed by atoms with E-state index >= 15 is 0 Å². The molecule has 0 bridgehead atoms. The van der Waals surface area contributed by atoms with Crippen LogP contribution in [0.5, 0.6) is 0 Å². The number of carboxylic acid groups (broad SMARTS) is 1. The molecule has 1 aromatic rings. The summed E-state index contributed by atoms with van der Waals surface area (Å²) in [5.41, 5.74) is 4.14. The topological polar surface area (TPSA) is 43.8 Å². The lowest BCUT2D eigenvalue weighted by atomic mass is 9.89. The van der Waals surface area contributed by atoms with Gasteiger partial charge in [-0.3, -0.25) is 0 Å². The minimum atomic E-state index is -0.786. The number of hydrogen-bond donors (Lipinski definition) is 1.